The van der Waals surface area contributed by atoms with Crippen molar-refractivity contribution < 1.29 is 14.2 Å². The van der Waals surface area contributed by atoms with Crippen LogP contribution < -0.4 is 10.9 Å². The van der Waals surface area contributed by atoms with E-state index in [0.717, 1.165) is 27.9 Å². The number of hydrogen-bond donors (Lipinski definition) is 2. The van der Waals surface area contributed by atoms with Crippen molar-refractivity contribution in [1.29, 1.82) is 0 Å². The molecule has 5 rings (SSSR count). The number of nitrogens with one attached hydrogen (secondary N) is 2. The molecule has 25 heavy (non-hydrogen) atoms. The second-order valence-corrected chi connectivity index (χ2v) is 6.19. The summed E-state index contributed by atoms with van der Waals surface area (Å²) in [5.41, 5.74) is 11.8. The van der Waals surface area contributed by atoms with E-state index in [2.05, 4.69) is 29.1 Å². The average Bonchev–Trinajstić information content (AvgIpc) is 3.34. The van der Waals surface area contributed by atoms with Gasteiger partial charge in [0.25, 0.3) is 0 Å². The highest BCUT2D eigenvalue weighted by Gasteiger charge is 2.40. The van der Waals surface area contributed by atoms with Crippen LogP contribution in [0.4, 0.5) is 9.59 Å². The lowest BCUT2D eigenvalue weighted by atomic mass is 9.89. The zero-order valence-corrected chi connectivity index (χ0v) is 13.2. The molecule has 1 aromatic rings. The summed E-state index contributed by atoms with van der Waals surface area (Å²) in [6.07, 6.45) is 12.6. The van der Waals surface area contributed by atoms with Crippen molar-refractivity contribution in [3.8, 4) is 0 Å². The molecule has 1 aliphatic heterocycles. The molecule has 0 unspecified atom stereocenters. The summed E-state index contributed by atoms with van der Waals surface area (Å²) in [5.74, 6) is 0. The summed E-state index contributed by atoms with van der Waals surface area (Å²) in [4.78, 5) is 24.6. The van der Waals surface area contributed by atoms with Crippen LogP contribution in [-0.4, -0.2) is 22.3 Å². The van der Waals surface area contributed by atoms with Crippen LogP contribution in [0.25, 0.3) is 5.57 Å². The summed E-state index contributed by atoms with van der Waals surface area (Å²) in [7, 11) is 0. The highest BCUT2D eigenvalue weighted by atomic mass is 16.2. The number of carbonyl (C=O) groups excluding carboxylic acids is 2. The van der Waals surface area contributed by atoms with Gasteiger partial charge in [0.2, 0.25) is 0 Å². The number of fused-ring (bicyclic) bond motifs is 2. The van der Waals surface area contributed by atoms with Crippen LogP contribution in [-0.2, 0) is 6.42 Å². The largest absolute Gasteiger partial charge is 0.476 e. The van der Waals surface area contributed by atoms with Crippen molar-refractivity contribution in [2.75, 3.05) is 0 Å². The molecule has 1 saturated heterocycles. The molecule has 0 spiro atoms. The Labute approximate surface area is 144 Å². The van der Waals surface area contributed by atoms with Crippen LogP contribution in [0.15, 0.2) is 77.4 Å². The molecule has 1 heterocycles. The Kier molecular flexibility index (Phi) is 2.79. The second-order valence-electron chi connectivity index (χ2n) is 6.19. The van der Waals surface area contributed by atoms with E-state index in [0.29, 0.717) is 12.1 Å². The second kappa shape index (κ2) is 5.01. The maximum absolute atomic E-state index is 12.3. The first-order valence-electron chi connectivity index (χ1n) is 8.10. The van der Waals surface area contributed by atoms with Gasteiger partial charge in [-0.1, -0.05) is 60.7 Å². The van der Waals surface area contributed by atoms with Crippen LogP contribution in [0.2, 0.25) is 0 Å². The van der Waals surface area contributed by atoms with Gasteiger partial charge in [-0.2, -0.15) is 0 Å². The molecular formula is C20H14N3O2+. The van der Waals surface area contributed by atoms with E-state index in [-0.39, 0.29) is 0 Å². The first-order valence-corrected chi connectivity index (χ1v) is 8.10. The zero-order valence-electron chi connectivity index (χ0n) is 13.2. The van der Waals surface area contributed by atoms with Crippen LogP contribution in [0, 0.1) is 0 Å². The quantitative estimate of drug-likeness (QED) is 0.720. The lowest BCUT2D eigenvalue weighted by molar-refractivity contribution is -0.308. The zero-order chi connectivity index (χ0) is 17.0. The smallest absolute Gasteiger partial charge is 0.209 e. The first kappa shape index (κ1) is 13.9. The fourth-order valence-corrected chi connectivity index (χ4v) is 3.75. The molecule has 3 aliphatic carbocycles. The highest BCUT2D eigenvalue weighted by Crippen LogP contribution is 2.39. The van der Waals surface area contributed by atoms with Crippen LogP contribution in [0.5, 0.6) is 0 Å². The van der Waals surface area contributed by atoms with E-state index in [4.69, 9.17) is 0 Å². The molecule has 5 nitrogen and oxygen atoms in total. The maximum Gasteiger partial charge on any atom is 0.476 e. The minimum absolute atomic E-state index is 0.456. The van der Waals surface area contributed by atoms with Crippen molar-refractivity contribution in [3.63, 3.8) is 0 Å². The molecule has 1 fully saturated rings. The Morgan fingerprint density at radius 2 is 1.52 bits per heavy atom. The monoisotopic (exact) mass is 328 g/mol. The van der Waals surface area contributed by atoms with E-state index in [1.54, 1.807) is 0 Å². The number of allylic oxidation sites excluding steroid dienone is 10. The maximum atomic E-state index is 12.3. The number of imide groups is 1. The fourth-order valence-electron chi connectivity index (χ4n) is 3.75. The standard InChI is InChI=1S/C20H13N3O2/c24-19-21-22-20(25)23(19)18-15(12-5-1-2-6-12)9-10-16-14-8-4-3-7-13(14)11-17(16)18/h1-10H,11H2,(H-,21,22,24,25)/p+1. The van der Waals surface area contributed by atoms with Gasteiger partial charge in [-0.15, -0.1) is 15.4 Å². The fraction of sp³-hybridized carbons (Fsp3) is 0.0500. The normalized spacial score (nSPS) is 20.5. The van der Waals surface area contributed by atoms with E-state index in [9.17, 15) is 9.59 Å². The average molecular weight is 328 g/mol. The third-order valence-corrected chi connectivity index (χ3v) is 4.84. The van der Waals surface area contributed by atoms with Gasteiger partial charge >= 0.3 is 12.1 Å². The van der Waals surface area contributed by atoms with Gasteiger partial charge in [0.15, 0.2) is 0 Å². The van der Waals surface area contributed by atoms with Gasteiger partial charge in [-0.25, -0.2) is 9.59 Å². The predicted molar refractivity (Wildman–Crippen MR) is 93.8 cm³/mol. The Balaban J connectivity index is 1.81. The molecule has 120 valence electrons. The summed E-state index contributed by atoms with van der Waals surface area (Å²) in [6, 6.07) is 7.28. The van der Waals surface area contributed by atoms with E-state index in [1.165, 1.54) is 10.1 Å². The number of hydrazine groups is 1. The molecule has 0 bridgehead atoms. The number of urea groups is 2. The molecule has 0 atom stereocenters. The number of amides is 4. The number of carbonyl (C=O) groups is 2. The Hall–Kier alpha value is -3.47. The van der Waals surface area contributed by atoms with Gasteiger partial charge < -0.3 is 0 Å². The van der Waals surface area contributed by atoms with Crippen molar-refractivity contribution in [3.05, 3.63) is 88.6 Å². The number of benzene rings is 1. The molecule has 4 aliphatic rings. The van der Waals surface area contributed by atoms with E-state index < -0.39 is 12.1 Å². The molecule has 4 amide bonds. The number of nitrogens with zero attached hydrogens (tertiary/aromatic N) is 1. The third-order valence-electron chi connectivity index (χ3n) is 4.84. The SMILES string of the molecule is O=C1NNC(=O)[N+]1=C1C(=C2C=CC=C2)C=CC2=C1Cc1ccccc12. The third kappa shape index (κ3) is 1.92. The topological polar surface area (TPSA) is 61.2 Å². The van der Waals surface area contributed by atoms with Gasteiger partial charge in [0.1, 0.15) is 5.71 Å². The predicted octanol–water partition coefficient (Wildman–Crippen LogP) is 2.79. The van der Waals surface area contributed by atoms with E-state index in [1.807, 2.05) is 42.5 Å². The van der Waals surface area contributed by atoms with Crippen molar-refractivity contribution in [2.24, 2.45) is 0 Å². The number of hydrogen-bond acceptors (Lipinski definition) is 2. The summed E-state index contributed by atoms with van der Waals surface area (Å²) in [5, 5.41) is 0. The molecule has 2 N–H and O–H groups in total. The molecule has 0 radical (unpaired) electrons. The van der Waals surface area contributed by atoms with Crippen molar-refractivity contribution >= 4 is 23.3 Å². The van der Waals surface area contributed by atoms with Crippen LogP contribution in [0.1, 0.15) is 11.1 Å². The summed E-state index contributed by atoms with van der Waals surface area (Å²) < 4.78 is 1.20. The van der Waals surface area contributed by atoms with E-state index >= 15 is 0 Å². The lowest BCUT2D eigenvalue weighted by Gasteiger charge is -2.17. The minimum atomic E-state index is -0.456. The van der Waals surface area contributed by atoms with Crippen molar-refractivity contribution in [1.82, 2.24) is 10.9 Å². The summed E-state index contributed by atoms with van der Waals surface area (Å²) >= 11 is 0. The lowest BCUT2D eigenvalue weighted by Crippen LogP contribution is -2.31. The summed E-state index contributed by atoms with van der Waals surface area (Å²) in [6.45, 7) is 0. The van der Waals surface area contributed by atoms with Gasteiger partial charge in [0.05, 0.1) is 0 Å². The number of rotatable bonds is 0. The van der Waals surface area contributed by atoms with Gasteiger partial charge in [-0.3, -0.25) is 0 Å². The Morgan fingerprint density at radius 3 is 2.28 bits per heavy atom. The van der Waals surface area contributed by atoms with Gasteiger partial charge in [0, 0.05) is 17.6 Å². The molecule has 0 aromatic heterocycles. The first-order chi connectivity index (χ1) is 12.2. The van der Waals surface area contributed by atoms with Crippen LogP contribution >= 0.6 is 0 Å². The molecular weight excluding hydrogens is 314 g/mol. The van der Waals surface area contributed by atoms with Gasteiger partial charge in [-0.05, 0) is 22.3 Å². The molecule has 0 saturated carbocycles. The highest BCUT2D eigenvalue weighted by molar-refractivity contribution is 6.23. The Morgan fingerprint density at radius 1 is 0.840 bits per heavy atom. The molecule has 5 heteroatoms. The molecule has 1 aromatic carbocycles. The Bertz CT molecular complexity index is 1020. The van der Waals surface area contributed by atoms with Crippen molar-refractivity contribution in [2.45, 2.75) is 6.42 Å². The van der Waals surface area contributed by atoms with Crippen LogP contribution in [0.3, 0.4) is 0 Å². The minimum Gasteiger partial charge on any atom is -0.209 e.